The monoisotopic (exact) mass is 461 g/mol. The molecule has 0 aliphatic heterocycles. The van der Waals surface area contributed by atoms with Gasteiger partial charge >= 0.3 is 12.0 Å². The average Bonchev–Trinajstić information content (AvgIpc) is 2.68. The lowest BCUT2D eigenvalue weighted by Gasteiger charge is -2.20. The summed E-state index contributed by atoms with van der Waals surface area (Å²) in [6.45, 7) is 3.85. The third-order valence-electron chi connectivity index (χ3n) is 3.89. The van der Waals surface area contributed by atoms with Crippen molar-refractivity contribution in [3.05, 3.63) is 64.6 Å². The van der Waals surface area contributed by atoms with Crippen LogP contribution in [0.5, 0.6) is 0 Å². The maximum atomic E-state index is 12.4. The van der Waals surface area contributed by atoms with E-state index in [4.69, 9.17) is 4.84 Å². The number of hydrogen-bond acceptors (Lipinski definition) is 4. The summed E-state index contributed by atoms with van der Waals surface area (Å²) in [4.78, 5) is 41.5. The summed E-state index contributed by atoms with van der Waals surface area (Å²) in [5.41, 5.74) is 3.51. The number of hydrogen-bond donors (Lipinski definition) is 3. The van der Waals surface area contributed by atoms with Gasteiger partial charge in [0.1, 0.15) is 6.04 Å². The molecule has 2 rings (SSSR count). The molecule has 154 valence electrons. The summed E-state index contributed by atoms with van der Waals surface area (Å²) in [6, 6.07) is 14.7. The van der Waals surface area contributed by atoms with E-state index in [0.717, 1.165) is 10.0 Å². The second-order valence-electron chi connectivity index (χ2n) is 6.89. The minimum Gasteiger partial charge on any atom is -0.340 e. The van der Waals surface area contributed by atoms with Crippen LogP contribution in [0.2, 0.25) is 0 Å². The zero-order valence-electron chi connectivity index (χ0n) is 16.3. The molecular weight excluding hydrogens is 438 g/mol. The third kappa shape index (κ3) is 8.35. The highest BCUT2D eigenvalue weighted by molar-refractivity contribution is 9.10. The second-order valence-corrected chi connectivity index (χ2v) is 7.81. The molecule has 0 aliphatic rings. The van der Waals surface area contributed by atoms with Gasteiger partial charge in [0, 0.05) is 10.2 Å². The van der Waals surface area contributed by atoms with Gasteiger partial charge in [0.05, 0.1) is 6.42 Å². The van der Waals surface area contributed by atoms with Gasteiger partial charge in [-0.3, -0.25) is 4.79 Å². The minimum absolute atomic E-state index is 0.0352. The molecule has 2 aromatic rings. The Morgan fingerprint density at radius 3 is 2.28 bits per heavy atom. The number of nitrogens with one attached hydrogen (secondary N) is 3. The van der Waals surface area contributed by atoms with Crippen LogP contribution in [0.15, 0.2) is 59.1 Å². The van der Waals surface area contributed by atoms with Gasteiger partial charge in [-0.05, 0) is 42.2 Å². The van der Waals surface area contributed by atoms with Gasteiger partial charge in [-0.15, -0.1) is 0 Å². The Kier molecular flexibility index (Phi) is 8.67. The van der Waals surface area contributed by atoms with Crippen LogP contribution in [-0.2, 0) is 20.8 Å². The molecule has 7 nitrogen and oxygen atoms in total. The second kappa shape index (κ2) is 11.2. The molecule has 0 bridgehead atoms. The van der Waals surface area contributed by atoms with Gasteiger partial charge < -0.3 is 15.5 Å². The number of rotatable bonds is 7. The molecule has 0 aliphatic carbocycles. The summed E-state index contributed by atoms with van der Waals surface area (Å²) < 4.78 is 0.887. The zero-order valence-corrected chi connectivity index (χ0v) is 17.9. The van der Waals surface area contributed by atoms with Crippen molar-refractivity contribution in [2.24, 2.45) is 5.92 Å². The van der Waals surface area contributed by atoms with Gasteiger partial charge in [-0.1, -0.05) is 60.1 Å². The topological polar surface area (TPSA) is 96.5 Å². The van der Waals surface area contributed by atoms with E-state index in [-0.39, 0.29) is 12.3 Å². The highest BCUT2D eigenvalue weighted by atomic mass is 79.9. The molecule has 0 heterocycles. The van der Waals surface area contributed by atoms with Gasteiger partial charge in [0.2, 0.25) is 0 Å². The molecule has 0 saturated heterocycles. The first-order chi connectivity index (χ1) is 13.8. The Labute approximate surface area is 178 Å². The maximum Gasteiger partial charge on any atom is 0.336 e. The fraction of sp³-hybridized carbons (Fsp3) is 0.286. The van der Waals surface area contributed by atoms with Crippen LogP contribution in [0.1, 0.15) is 25.8 Å². The summed E-state index contributed by atoms with van der Waals surface area (Å²) in [7, 11) is 0. The number of carbonyl (C=O) groups excluding carboxylic acids is 3. The average molecular weight is 462 g/mol. The Hall–Kier alpha value is -2.87. The lowest BCUT2D eigenvalue weighted by molar-refractivity contribution is -0.158. The lowest BCUT2D eigenvalue weighted by Crippen LogP contribution is -2.49. The van der Waals surface area contributed by atoms with Crippen LogP contribution in [0.25, 0.3) is 0 Å². The van der Waals surface area contributed by atoms with Gasteiger partial charge in [0.15, 0.2) is 0 Å². The molecule has 0 aromatic heterocycles. The summed E-state index contributed by atoms with van der Waals surface area (Å²) in [5, 5.41) is 5.29. The number of benzene rings is 2. The van der Waals surface area contributed by atoms with E-state index in [2.05, 4.69) is 32.0 Å². The van der Waals surface area contributed by atoms with E-state index in [0.29, 0.717) is 12.1 Å². The van der Waals surface area contributed by atoms with Crippen molar-refractivity contribution in [3.63, 3.8) is 0 Å². The summed E-state index contributed by atoms with van der Waals surface area (Å²) >= 11 is 3.33. The van der Waals surface area contributed by atoms with Crippen molar-refractivity contribution in [1.29, 1.82) is 0 Å². The van der Waals surface area contributed by atoms with Crippen LogP contribution >= 0.6 is 15.9 Å². The smallest absolute Gasteiger partial charge is 0.336 e. The number of amides is 3. The first-order valence-electron chi connectivity index (χ1n) is 9.20. The maximum absolute atomic E-state index is 12.4. The van der Waals surface area contributed by atoms with Crippen LogP contribution in [0.3, 0.4) is 0 Å². The molecule has 3 N–H and O–H groups in total. The Morgan fingerprint density at radius 1 is 1.00 bits per heavy atom. The molecule has 0 fully saturated rings. The third-order valence-corrected chi connectivity index (χ3v) is 4.42. The predicted octanol–water partition coefficient (Wildman–Crippen LogP) is 3.80. The number of hydroxylamine groups is 1. The van der Waals surface area contributed by atoms with E-state index in [1.165, 1.54) is 0 Å². The van der Waals surface area contributed by atoms with E-state index in [1.807, 2.05) is 32.0 Å². The van der Waals surface area contributed by atoms with Crippen LogP contribution < -0.4 is 16.1 Å². The normalized spacial score (nSPS) is 11.4. The quantitative estimate of drug-likeness (QED) is 0.546. The Balaban J connectivity index is 1.88. The molecule has 0 radical (unpaired) electrons. The van der Waals surface area contributed by atoms with Gasteiger partial charge in [0.25, 0.3) is 5.91 Å². The first kappa shape index (κ1) is 22.4. The fourth-order valence-corrected chi connectivity index (χ4v) is 2.80. The predicted molar refractivity (Wildman–Crippen MR) is 114 cm³/mol. The molecule has 29 heavy (non-hydrogen) atoms. The number of carbonyl (C=O) groups is 3. The molecular formula is C21H24BrN3O4. The Bertz CT molecular complexity index is 826. The fourth-order valence-electron chi connectivity index (χ4n) is 2.54. The highest BCUT2D eigenvalue weighted by Crippen LogP contribution is 2.14. The SMILES string of the molecule is CC(C)C[C@H](NC(=O)Nc1ccc(Br)cc1)C(=O)NOC(=O)Cc1ccccc1. The molecule has 2 aromatic carbocycles. The summed E-state index contributed by atoms with van der Waals surface area (Å²) in [6.07, 6.45) is 0.420. The molecule has 1 atom stereocenters. The van der Waals surface area contributed by atoms with Crippen molar-refractivity contribution >= 4 is 39.5 Å². The standard InChI is InChI=1S/C21H24BrN3O4/c1-14(2)12-18(24-21(28)23-17-10-8-16(22)9-11-17)20(27)25-29-19(26)13-15-6-4-3-5-7-15/h3-11,14,18H,12-13H2,1-2H3,(H,25,27)(H2,23,24,28)/t18-/m0/s1. The zero-order chi connectivity index (χ0) is 21.2. The number of halogens is 1. The van der Waals surface area contributed by atoms with E-state index in [9.17, 15) is 14.4 Å². The largest absolute Gasteiger partial charge is 0.340 e. The van der Waals surface area contributed by atoms with Crippen LogP contribution in [0.4, 0.5) is 10.5 Å². The molecule has 8 heteroatoms. The first-order valence-corrected chi connectivity index (χ1v) is 9.99. The highest BCUT2D eigenvalue weighted by Gasteiger charge is 2.23. The van der Waals surface area contributed by atoms with Crippen LogP contribution in [0, 0.1) is 5.92 Å². The molecule has 0 unspecified atom stereocenters. The minimum atomic E-state index is -0.852. The van der Waals surface area contributed by atoms with E-state index in [1.54, 1.807) is 36.4 Å². The van der Waals surface area contributed by atoms with Crippen molar-refractivity contribution in [3.8, 4) is 0 Å². The molecule has 0 spiro atoms. The molecule has 0 saturated carbocycles. The van der Waals surface area contributed by atoms with Gasteiger partial charge in [-0.2, -0.15) is 5.48 Å². The van der Waals surface area contributed by atoms with E-state index >= 15 is 0 Å². The lowest BCUT2D eigenvalue weighted by atomic mass is 10.0. The van der Waals surface area contributed by atoms with Gasteiger partial charge in [-0.25, -0.2) is 9.59 Å². The Morgan fingerprint density at radius 2 is 1.66 bits per heavy atom. The van der Waals surface area contributed by atoms with Crippen molar-refractivity contribution < 1.29 is 19.2 Å². The number of anilines is 1. The van der Waals surface area contributed by atoms with Crippen molar-refractivity contribution in [2.75, 3.05) is 5.32 Å². The summed E-state index contributed by atoms with van der Waals surface area (Å²) in [5.74, 6) is -1.04. The van der Waals surface area contributed by atoms with Crippen molar-refractivity contribution in [1.82, 2.24) is 10.8 Å². The van der Waals surface area contributed by atoms with E-state index < -0.39 is 23.9 Å². The van der Waals surface area contributed by atoms with Crippen LogP contribution in [-0.4, -0.2) is 23.9 Å². The molecule has 3 amide bonds. The van der Waals surface area contributed by atoms with Crippen molar-refractivity contribution in [2.45, 2.75) is 32.7 Å². The number of urea groups is 1.